The van der Waals surface area contributed by atoms with Gasteiger partial charge in [0.05, 0.1) is 12.3 Å². The Hall–Kier alpha value is -2.15. The lowest BCUT2D eigenvalue weighted by molar-refractivity contribution is 0.0936. The largest absolute Gasteiger partial charge is 0.492 e. The first kappa shape index (κ1) is 14.9. The lowest BCUT2D eigenvalue weighted by atomic mass is 10.1. The molecule has 0 aromatic heterocycles. The summed E-state index contributed by atoms with van der Waals surface area (Å²) in [5, 5.41) is 2.88. The maximum atomic E-state index is 12.0. The molecule has 0 spiro atoms. The molecule has 1 amide bonds. The highest BCUT2D eigenvalue weighted by Crippen LogP contribution is 2.22. The lowest BCUT2D eigenvalue weighted by Gasteiger charge is -2.15. The Morgan fingerprint density at radius 2 is 2.26 bits per heavy atom. The van der Waals surface area contributed by atoms with Crippen molar-refractivity contribution in [3.8, 4) is 18.1 Å². The van der Waals surface area contributed by atoms with Crippen molar-refractivity contribution in [3.05, 3.63) is 23.8 Å². The first-order valence-electron chi connectivity index (χ1n) is 6.39. The van der Waals surface area contributed by atoms with Crippen LogP contribution in [0.25, 0.3) is 0 Å². The molecule has 1 aromatic carbocycles. The molecule has 4 heteroatoms. The number of nitrogen functional groups attached to an aromatic ring is 1. The molecule has 0 saturated heterocycles. The molecule has 0 aliphatic carbocycles. The molecule has 0 saturated carbocycles. The zero-order valence-electron chi connectivity index (χ0n) is 11.4. The van der Waals surface area contributed by atoms with Crippen molar-refractivity contribution >= 4 is 11.6 Å². The first-order valence-corrected chi connectivity index (χ1v) is 6.39. The Bertz CT molecular complexity index is 478. The zero-order valence-corrected chi connectivity index (χ0v) is 11.4. The maximum Gasteiger partial charge on any atom is 0.251 e. The van der Waals surface area contributed by atoms with E-state index in [1.165, 1.54) is 0 Å². The van der Waals surface area contributed by atoms with E-state index in [2.05, 4.69) is 11.2 Å². The van der Waals surface area contributed by atoms with Gasteiger partial charge in [-0.15, -0.1) is 12.3 Å². The van der Waals surface area contributed by atoms with Gasteiger partial charge in [0.25, 0.3) is 5.91 Å². The number of nitrogens with two attached hydrogens (primary N) is 1. The van der Waals surface area contributed by atoms with Gasteiger partial charge < -0.3 is 15.8 Å². The van der Waals surface area contributed by atoms with Crippen LogP contribution < -0.4 is 15.8 Å². The van der Waals surface area contributed by atoms with Crippen molar-refractivity contribution in [1.82, 2.24) is 5.32 Å². The van der Waals surface area contributed by atoms with Crippen LogP contribution in [0, 0.1) is 12.3 Å². The van der Waals surface area contributed by atoms with E-state index in [1.54, 1.807) is 18.2 Å². The molecule has 102 valence electrons. The van der Waals surface area contributed by atoms with Gasteiger partial charge in [-0.05, 0) is 31.5 Å². The number of hydrogen-bond donors (Lipinski definition) is 2. The van der Waals surface area contributed by atoms with Crippen molar-refractivity contribution in [2.24, 2.45) is 0 Å². The van der Waals surface area contributed by atoms with E-state index in [4.69, 9.17) is 16.9 Å². The van der Waals surface area contributed by atoms with E-state index in [1.807, 2.05) is 13.8 Å². The smallest absolute Gasteiger partial charge is 0.251 e. The molecule has 1 unspecified atom stereocenters. The van der Waals surface area contributed by atoms with Gasteiger partial charge >= 0.3 is 0 Å². The molecule has 1 atom stereocenters. The molecule has 0 radical (unpaired) electrons. The number of carbonyl (C=O) groups is 1. The van der Waals surface area contributed by atoms with Crippen molar-refractivity contribution in [3.63, 3.8) is 0 Å². The van der Waals surface area contributed by atoms with Crippen molar-refractivity contribution in [2.45, 2.75) is 32.7 Å². The van der Waals surface area contributed by atoms with Crippen LogP contribution in [0.5, 0.6) is 5.75 Å². The van der Waals surface area contributed by atoms with Gasteiger partial charge in [-0.2, -0.15) is 0 Å². The Morgan fingerprint density at radius 3 is 2.79 bits per heavy atom. The van der Waals surface area contributed by atoms with Crippen LogP contribution in [0.2, 0.25) is 0 Å². The Balaban J connectivity index is 2.77. The molecule has 4 nitrogen and oxygen atoms in total. The van der Waals surface area contributed by atoms with Crippen molar-refractivity contribution in [2.75, 3.05) is 12.3 Å². The molecule has 0 fully saturated rings. The van der Waals surface area contributed by atoms with Gasteiger partial charge in [-0.25, -0.2) is 0 Å². The van der Waals surface area contributed by atoms with Crippen LogP contribution in [-0.4, -0.2) is 18.6 Å². The summed E-state index contributed by atoms with van der Waals surface area (Å²) in [6, 6.07) is 5.00. The van der Waals surface area contributed by atoms with E-state index < -0.39 is 0 Å². The molecule has 0 aliphatic heterocycles. The van der Waals surface area contributed by atoms with Crippen molar-refractivity contribution in [1.29, 1.82) is 0 Å². The Kier molecular flexibility index (Phi) is 5.74. The minimum Gasteiger partial charge on any atom is -0.492 e. The summed E-state index contributed by atoms with van der Waals surface area (Å²) in [4.78, 5) is 12.0. The number of ether oxygens (including phenoxy) is 1. The highest BCUT2D eigenvalue weighted by atomic mass is 16.5. The zero-order chi connectivity index (χ0) is 14.3. The monoisotopic (exact) mass is 260 g/mol. The average Bonchev–Trinajstić information content (AvgIpc) is 2.40. The molecule has 1 aromatic rings. The second-order valence-electron chi connectivity index (χ2n) is 4.17. The van der Waals surface area contributed by atoms with Crippen LogP contribution in [0.1, 0.15) is 37.0 Å². The molecule has 0 aliphatic rings. The van der Waals surface area contributed by atoms with Crippen LogP contribution in [0.4, 0.5) is 5.69 Å². The van der Waals surface area contributed by atoms with E-state index in [0.717, 1.165) is 6.42 Å². The molecule has 0 heterocycles. The number of benzene rings is 1. The van der Waals surface area contributed by atoms with Gasteiger partial charge in [0.2, 0.25) is 0 Å². The number of terminal acetylenes is 1. The van der Waals surface area contributed by atoms with Crippen LogP contribution in [0.3, 0.4) is 0 Å². The molecule has 0 bridgehead atoms. The van der Waals surface area contributed by atoms with Crippen LogP contribution in [0.15, 0.2) is 18.2 Å². The third-order valence-corrected chi connectivity index (χ3v) is 2.76. The second kappa shape index (κ2) is 7.32. The average molecular weight is 260 g/mol. The third kappa shape index (κ3) is 4.22. The lowest BCUT2D eigenvalue weighted by Crippen LogP contribution is -2.34. The summed E-state index contributed by atoms with van der Waals surface area (Å²) in [6.07, 6.45) is 6.58. The fourth-order valence-electron chi connectivity index (χ4n) is 1.69. The number of anilines is 1. The molecular weight excluding hydrogens is 240 g/mol. The van der Waals surface area contributed by atoms with Crippen LogP contribution in [-0.2, 0) is 0 Å². The first-order chi connectivity index (χ1) is 9.12. The topological polar surface area (TPSA) is 64.3 Å². The summed E-state index contributed by atoms with van der Waals surface area (Å²) in [5.74, 6) is 2.98. The molecule has 3 N–H and O–H groups in total. The van der Waals surface area contributed by atoms with E-state index in [9.17, 15) is 4.79 Å². The Morgan fingerprint density at radius 1 is 1.53 bits per heavy atom. The number of rotatable bonds is 6. The minimum atomic E-state index is -0.170. The van der Waals surface area contributed by atoms with E-state index >= 15 is 0 Å². The van der Waals surface area contributed by atoms with Gasteiger partial charge in [0.15, 0.2) is 0 Å². The van der Waals surface area contributed by atoms with Crippen LogP contribution >= 0.6 is 0 Å². The summed E-state index contributed by atoms with van der Waals surface area (Å²) in [6.45, 7) is 4.40. The number of nitrogens with one attached hydrogen (secondary N) is 1. The SMILES string of the molecule is C#CCC(CC)NC(=O)c1ccc(OCC)c(N)c1. The highest BCUT2D eigenvalue weighted by Gasteiger charge is 2.12. The molecule has 1 rings (SSSR count). The van der Waals surface area contributed by atoms with E-state index in [-0.39, 0.29) is 11.9 Å². The quantitative estimate of drug-likeness (QED) is 0.609. The van der Waals surface area contributed by atoms with Gasteiger partial charge in [0, 0.05) is 18.0 Å². The maximum absolute atomic E-state index is 12.0. The summed E-state index contributed by atoms with van der Waals surface area (Å²) >= 11 is 0. The van der Waals surface area contributed by atoms with Gasteiger partial charge in [-0.3, -0.25) is 4.79 Å². The second-order valence-corrected chi connectivity index (χ2v) is 4.17. The fourth-order valence-corrected chi connectivity index (χ4v) is 1.69. The predicted molar refractivity (Wildman–Crippen MR) is 77.0 cm³/mol. The van der Waals surface area contributed by atoms with E-state index in [0.29, 0.717) is 30.0 Å². The van der Waals surface area contributed by atoms with Gasteiger partial charge in [-0.1, -0.05) is 6.92 Å². The Labute approximate surface area is 114 Å². The minimum absolute atomic E-state index is 0.00899. The standard InChI is InChI=1S/C15H20N2O2/c1-4-7-12(5-2)17-15(18)11-8-9-14(19-6-3)13(16)10-11/h1,8-10,12H,5-7,16H2,2-3H3,(H,17,18). The molecule has 19 heavy (non-hydrogen) atoms. The predicted octanol–water partition coefficient (Wildman–Crippen LogP) is 2.20. The number of hydrogen-bond acceptors (Lipinski definition) is 3. The highest BCUT2D eigenvalue weighted by molar-refractivity contribution is 5.95. The fraction of sp³-hybridized carbons (Fsp3) is 0.400. The summed E-state index contributed by atoms with van der Waals surface area (Å²) in [5.41, 5.74) is 6.80. The van der Waals surface area contributed by atoms with Crippen molar-refractivity contribution < 1.29 is 9.53 Å². The normalized spacial score (nSPS) is 11.4. The molecular formula is C15H20N2O2. The van der Waals surface area contributed by atoms with Gasteiger partial charge in [0.1, 0.15) is 5.75 Å². The summed E-state index contributed by atoms with van der Waals surface area (Å²) in [7, 11) is 0. The third-order valence-electron chi connectivity index (χ3n) is 2.76. The number of carbonyl (C=O) groups excluding carboxylic acids is 1. The number of amides is 1. The summed E-state index contributed by atoms with van der Waals surface area (Å²) < 4.78 is 5.33.